The zero-order chi connectivity index (χ0) is 15.0. The van der Waals surface area contributed by atoms with E-state index in [1.54, 1.807) is 0 Å². The summed E-state index contributed by atoms with van der Waals surface area (Å²) in [6.07, 6.45) is 15.9. The highest BCUT2D eigenvalue weighted by Crippen LogP contribution is 2.35. The molecule has 1 saturated carbocycles. The van der Waals surface area contributed by atoms with Crippen molar-refractivity contribution in [2.45, 2.75) is 65.3 Å². The number of nitrogens with two attached hydrogens (primary N) is 1. The van der Waals surface area contributed by atoms with Gasteiger partial charge in [-0.1, -0.05) is 57.6 Å². The van der Waals surface area contributed by atoms with Crippen LogP contribution >= 0.6 is 0 Å². The summed E-state index contributed by atoms with van der Waals surface area (Å²) in [7, 11) is 0. The third kappa shape index (κ3) is 5.66. The second kappa shape index (κ2) is 9.18. The van der Waals surface area contributed by atoms with Crippen molar-refractivity contribution in [3.8, 4) is 0 Å². The summed E-state index contributed by atoms with van der Waals surface area (Å²) in [5.41, 5.74) is 7.67. The van der Waals surface area contributed by atoms with Crippen LogP contribution in [0.4, 0.5) is 0 Å². The van der Waals surface area contributed by atoms with E-state index in [1.165, 1.54) is 37.7 Å². The number of hydrogen-bond acceptors (Lipinski definition) is 1. The van der Waals surface area contributed by atoms with Crippen LogP contribution in [0.1, 0.15) is 59.3 Å². The third-order valence-electron chi connectivity index (χ3n) is 4.79. The second-order valence-electron chi connectivity index (χ2n) is 6.52. The van der Waals surface area contributed by atoms with Crippen molar-refractivity contribution in [2.75, 3.05) is 0 Å². The van der Waals surface area contributed by atoms with Gasteiger partial charge in [-0.2, -0.15) is 0 Å². The molecule has 1 aliphatic rings. The lowest BCUT2D eigenvalue weighted by molar-refractivity contribution is 0.278. The molecule has 1 rings (SSSR count). The van der Waals surface area contributed by atoms with Crippen LogP contribution in [0.15, 0.2) is 36.5 Å². The molecule has 114 valence electrons. The Morgan fingerprint density at radius 3 is 2.70 bits per heavy atom. The second-order valence-corrected chi connectivity index (χ2v) is 6.52. The predicted octanol–water partition coefficient (Wildman–Crippen LogP) is 5.24. The van der Waals surface area contributed by atoms with Gasteiger partial charge in [0.15, 0.2) is 0 Å². The van der Waals surface area contributed by atoms with E-state index in [9.17, 15) is 0 Å². The Balaban J connectivity index is 2.71. The van der Waals surface area contributed by atoms with Gasteiger partial charge < -0.3 is 5.73 Å². The van der Waals surface area contributed by atoms with Crippen LogP contribution < -0.4 is 5.73 Å². The molecule has 0 heterocycles. The SMILES string of the molecule is C=C/C(=C\C=C/C)CC(CC)C1CC[C@H](C)C[C@H](N)C1. The van der Waals surface area contributed by atoms with Crippen LogP contribution in [0.3, 0.4) is 0 Å². The molecule has 4 atom stereocenters. The van der Waals surface area contributed by atoms with E-state index in [0.29, 0.717) is 6.04 Å². The molecular formula is C19H33N. The van der Waals surface area contributed by atoms with Gasteiger partial charge in [0.2, 0.25) is 0 Å². The van der Waals surface area contributed by atoms with Gasteiger partial charge in [0.05, 0.1) is 0 Å². The highest BCUT2D eigenvalue weighted by Gasteiger charge is 2.27. The molecule has 1 fully saturated rings. The van der Waals surface area contributed by atoms with Crippen molar-refractivity contribution in [1.82, 2.24) is 0 Å². The summed E-state index contributed by atoms with van der Waals surface area (Å²) in [4.78, 5) is 0. The lowest BCUT2D eigenvalue weighted by Crippen LogP contribution is -2.26. The Labute approximate surface area is 126 Å². The highest BCUT2D eigenvalue weighted by atomic mass is 14.6. The zero-order valence-electron chi connectivity index (χ0n) is 13.6. The van der Waals surface area contributed by atoms with E-state index in [0.717, 1.165) is 24.2 Å². The monoisotopic (exact) mass is 275 g/mol. The highest BCUT2D eigenvalue weighted by molar-refractivity contribution is 5.22. The largest absolute Gasteiger partial charge is 0.328 e. The normalized spacial score (nSPS) is 30.2. The number of hydrogen-bond donors (Lipinski definition) is 1. The Morgan fingerprint density at radius 2 is 2.10 bits per heavy atom. The summed E-state index contributed by atoms with van der Waals surface area (Å²) < 4.78 is 0. The standard InChI is InChI=1S/C19H33N/c1-5-8-9-16(6-2)13-17(7-3)18-11-10-15(4)12-19(20)14-18/h5-6,8-9,15,17-19H,2,7,10-14,20H2,1,3-4H3/b8-5-,16-9+/t15-,17?,18?,19-/m0/s1. The van der Waals surface area contributed by atoms with E-state index >= 15 is 0 Å². The van der Waals surface area contributed by atoms with Gasteiger partial charge in [-0.25, -0.2) is 0 Å². The van der Waals surface area contributed by atoms with Crippen LogP contribution in [0, 0.1) is 17.8 Å². The fourth-order valence-electron chi connectivity index (χ4n) is 3.55. The van der Waals surface area contributed by atoms with Gasteiger partial charge in [0.25, 0.3) is 0 Å². The molecule has 0 amide bonds. The third-order valence-corrected chi connectivity index (χ3v) is 4.79. The maximum Gasteiger partial charge on any atom is 0.00441 e. The molecule has 2 N–H and O–H groups in total. The Bertz CT molecular complexity index is 340. The maximum absolute atomic E-state index is 6.31. The first-order valence-electron chi connectivity index (χ1n) is 8.30. The first kappa shape index (κ1) is 17.2. The zero-order valence-corrected chi connectivity index (χ0v) is 13.6. The van der Waals surface area contributed by atoms with Gasteiger partial charge >= 0.3 is 0 Å². The Hall–Kier alpha value is -0.820. The quantitative estimate of drug-likeness (QED) is 0.520. The minimum absolute atomic E-state index is 0.401. The fourth-order valence-corrected chi connectivity index (χ4v) is 3.55. The summed E-state index contributed by atoms with van der Waals surface area (Å²) in [5.74, 6) is 2.33. The van der Waals surface area contributed by atoms with Crippen molar-refractivity contribution in [2.24, 2.45) is 23.5 Å². The maximum atomic E-state index is 6.31. The predicted molar refractivity (Wildman–Crippen MR) is 90.6 cm³/mol. The average molecular weight is 275 g/mol. The van der Waals surface area contributed by atoms with Gasteiger partial charge in [-0.05, 0) is 55.9 Å². The van der Waals surface area contributed by atoms with Crippen molar-refractivity contribution in [1.29, 1.82) is 0 Å². The topological polar surface area (TPSA) is 26.0 Å². The molecule has 0 saturated heterocycles. The fraction of sp³-hybridized carbons (Fsp3) is 0.684. The van der Waals surface area contributed by atoms with Crippen molar-refractivity contribution < 1.29 is 0 Å². The molecule has 1 nitrogen and oxygen atoms in total. The van der Waals surface area contributed by atoms with Crippen LogP contribution in [-0.4, -0.2) is 6.04 Å². The number of rotatable bonds is 6. The van der Waals surface area contributed by atoms with Crippen LogP contribution in [-0.2, 0) is 0 Å². The molecule has 1 aliphatic carbocycles. The lowest BCUT2D eigenvalue weighted by Gasteiger charge is -2.27. The minimum Gasteiger partial charge on any atom is -0.328 e. The van der Waals surface area contributed by atoms with Crippen molar-refractivity contribution >= 4 is 0 Å². The Morgan fingerprint density at radius 1 is 1.35 bits per heavy atom. The van der Waals surface area contributed by atoms with Gasteiger partial charge in [-0.3, -0.25) is 0 Å². The smallest absolute Gasteiger partial charge is 0.00441 e. The summed E-state index contributed by atoms with van der Waals surface area (Å²) in [6, 6.07) is 0.401. The summed E-state index contributed by atoms with van der Waals surface area (Å²) in [5, 5.41) is 0. The van der Waals surface area contributed by atoms with E-state index in [1.807, 2.05) is 6.08 Å². The van der Waals surface area contributed by atoms with Crippen molar-refractivity contribution in [3.05, 3.63) is 36.5 Å². The van der Waals surface area contributed by atoms with E-state index < -0.39 is 0 Å². The van der Waals surface area contributed by atoms with Crippen molar-refractivity contribution in [3.63, 3.8) is 0 Å². The van der Waals surface area contributed by atoms with Gasteiger partial charge in [-0.15, -0.1) is 0 Å². The molecule has 0 spiro atoms. The van der Waals surface area contributed by atoms with E-state index in [4.69, 9.17) is 5.73 Å². The molecular weight excluding hydrogens is 242 g/mol. The molecule has 20 heavy (non-hydrogen) atoms. The molecule has 0 aromatic rings. The van der Waals surface area contributed by atoms with E-state index in [2.05, 4.69) is 45.6 Å². The number of allylic oxidation sites excluding steroid dienone is 5. The first-order valence-corrected chi connectivity index (χ1v) is 8.30. The molecule has 0 aliphatic heterocycles. The van der Waals surface area contributed by atoms with Crippen LogP contribution in [0.25, 0.3) is 0 Å². The summed E-state index contributed by atoms with van der Waals surface area (Å²) in [6.45, 7) is 10.7. The summed E-state index contributed by atoms with van der Waals surface area (Å²) >= 11 is 0. The van der Waals surface area contributed by atoms with Crippen LogP contribution in [0.5, 0.6) is 0 Å². The lowest BCUT2D eigenvalue weighted by atomic mass is 9.79. The molecule has 0 radical (unpaired) electrons. The molecule has 2 unspecified atom stereocenters. The van der Waals surface area contributed by atoms with E-state index in [-0.39, 0.29) is 0 Å². The van der Waals surface area contributed by atoms with Gasteiger partial charge in [0, 0.05) is 6.04 Å². The Kier molecular flexibility index (Phi) is 7.91. The molecule has 0 aromatic heterocycles. The van der Waals surface area contributed by atoms with Crippen LogP contribution in [0.2, 0.25) is 0 Å². The van der Waals surface area contributed by atoms with Gasteiger partial charge in [0.1, 0.15) is 0 Å². The molecule has 0 bridgehead atoms. The molecule has 0 aromatic carbocycles. The average Bonchev–Trinajstić information content (AvgIpc) is 2.60. The first-order chi connectivity index (χ1) is 9.60. The molecule has 1 heteroatoms. The minimum atomic E-state index is 0.401.